The standard InChI is InChI=1S/C24H29N7O3/c32-23(26-12-7-14-31-18-25-17-27-31)16-30-13-4-1-5-15-34-21-10-3-2-8-19(21)28-22-11-6-9-20(29-22)24(30)33/h2-3,6,8-11,17-18H,1,4-5,7,12-16H2,(H,26,32)(H,28,29). The molecule has 0 atom stereocenters. The van der Waals surface area contributed by atoms with Crippen molar-refractivity contribution >= 4 is 23.3 Å². The van der Waals surface area contributed by atoms with Crippen molar-refractivity contribution in [3.8, 4) is 5.75 Å². The summed E-state index contributed by atoms with van der Waals surface area (Å²) >= 11 is 0. The summed E-state index contributed by atoms with van der Waals surface area (Å²) in [6.07, 6.45) is 6.35. The third-order valence-corrected chi connectivity index (χ3v) is 5.42. The molecule has 10 heteroatoms. The maximum Gasteiger partial charge on any atom is 0.273 e. The molecule has 2 amide bonds. The van der Waals surface area contributed by atoms with Crippen LogP contribution in [0, 0.1) is 0 Å². The Morgan fingerprint density at radius 2 is 2.03 bits per heavy atom. The third kappa shape index (κ3) is 6.53. The van der Waals surface area contributed by atoms with Crippen LogP contribution in [0.5, 0.6) is 5.75 Å². The van der Waals surface area contributed by atoms with Crippen LogP contribution in [0.2, 0.25) is 0 Å². The molecule has 0 spiro atoms. The molecule has 2 aromatic heterocycles. The zero-order valence-corrected chi connectivity index (χ0v) is 19.0. The lowest BCUT2D eigenvalue weighted by atomic mass is 10.2. The molecule has 0 aliphatic carbocycles. The highest BCUT2D eigenvalue weighted by molar-refractivity contribution is 5.95. The number of hydrogen-bond acceptors (Lipinski definition) is 7. The zero-order chi connectivity index (χ0) is 23.6. The topological polar surface area (TPSA) is 114 Å². The number of aryl methyl sites for hydroxylation is 1. The lowest BCUT2D eigenvalue weighted by Crippen LogP contribution is -2.42. The molecule has 3 heterocycles. The van der Waals surface area contributed by atoms with Crippen LogP contribution in [0.3, 0.4) is 0 Å². The fraction of sp³-hybridized carbons (Fsp3) is 0.375. The van der Waals surface area contributed by atoms with E-state index in [9.17, 15) is 9.59 Å². The number of ether oxygens (including phenoxy) is 1. The molecular formula is C24H29N7O3. The van der Waals surface area contributed by atoms with Gasteiger partial charge >= 0.3 is 0 Å². The van der Waals surface area contributed by atoms with E-state index in [4.69, 9.17) is 4.74 Å². The lowest BCUT2D eigenvalue weighted by Gasteiger charge is -2.23. The maximum atomic E-state index is 13.3. The minimum atomic E-state index is -0.261. The number of carbonyl (C=O) groups is 2. The molecule has 34 heavy (non-hydrogen) atoms. The molecular weight excluding hydrogens is 434 g/mol. The smallest absolute Gasteiger partial charge is 0.273 e. The summed E-state index contributed by atoms with van der Waals surface area (Å²) in [6.45, 7) is 2.20. The van der Waals surface area contributed by atoms with Crippen molar-refractivity contribution in [1.29, 1.82) is 0 Å². The molecule has 0 saturated heterocycles. The first-order chi connectivity index (χ1) is 16.7. The Labute approximate surface area is 198 Å². The zero-order valence-electron chi connectivity index (χ0n) is 19.0. The second-order valence-corrected chi connectivity index (χ2v) is 8.03. The fourth-order valence-corrected chi connectivity index (χ4v) is 3.68. The van der Waals surface area contributed by atoms with Crippen LogP contribution < -0.4 is 15.4 Å². The van der Waals surface area contributed by atoms with Gasteiger partial charge in [0.25, 0.3) is 5.91 Å². The second-order valence-electron chi connectivity index (χ2n) is 8.03. The Balaban J connectivity index is 1.42. The summed E-state index contributed by atoms with van der Waals surface area (Å²) in [5, 5.41) is 10.2. The fourth-order valence-electron chi connectivity index (χ4n) is 3.68. The average Bonchev–Trinajstić information content (AvgIpc) is 3.37. The molecule has 1 aromatic carbocycles. The number of para-hydroxylation sites is 2. The van der Waals surface area contributed by atoms with E-state index in [1.807, 2.05) is 24.3 Å². The van der Waals surface area contributed by atoms with Crippen molar-refractivity contribution in [2.75, 3.05) is 31.6 Å². The highest BCUT2D eigenvalue weighted by atomic mass is 16.5. The van der Waals surface area contributed by atoms with Crippen LogP contribution in [-0.2, 0) is 11.3 Å². The summed E-state index contributed by atoms with van der Waals surface area (Å²) in [4.78, 5) is 35.8. The minimum Gasteiger partial charge on any atom is -0.491 e. The van der Waals surface area contributed by atoms with E-state index in [0.717, 1.165) is 37.1 Å². The van der Waals surface area contributed by atoms with E-state index < -0.39 is 0 Å². The molecule has 0 saturated carbocycles. The van der Waals surface area contributed by atoms with Gasteiger partial charge in [-0.3, -0.25) is 14.3 Å². The monoisotopic (exact) mass is 463 g/mol. The summed E-state index contributed by atoms with van der Waals surface area (Å²) in [6, 6.07) is 12.9. The maximum absolute atomic E-state index is 13.3. The van der Waals surface area contributed by atoms with Crippen molar-refractivity contribution in [3.05, 3.63) is 60.8 Å². The molecule has 178 valence electrons. The van der Waals surface area contributed by atoms with Crippen molar-refractivity contribution in [3.63, 3.8) is 0 Å². The number of aromatic nitrogens is 4. The molecule has 10 nitrogen and oxygen atoms in total. The van der Waals surface area contributed by atoms with Crippen LogP contribution in [0.4, 0.5) is 11.5 Å². The van der Waals surface area contributed by atoms with E-state index >= 15 is 0 Å². The van der Waals surface area contributed by atoms with E-state index in [-0.39, 0.29) is 18.4 Å². The average molecular weight is 464 g/mol. The van der Waals surface area contributed by atoms with Gasteiger partial charge in [-0.15, -0.1) is 0 Å². The molecule has 0 unspecified atom stereocenters. The molecule has 1 aliphatic rings. The third-order valence-electron chi connectivity index (χ3n) is 5.42. The van der Waals surface area contributed by atoms with Crippen molar-refractivity contribution in [2.24, 2.45) is 0 Å². The molecule has 2 N–H and O–H groups in total. The van der Waals surface area contributed by atoms with Gasteiger partial charge in [0, 0.05) is 19.6 Å². The summed E-state index contributed by atoms with van der Waals surface area (Å²) in [5.74, 6) is 0.833. The first-order valence-corrected chi connectivity index (χ1v) is 11.5. The number of fused-ring (bicyclic) bond motifs is 3. The van der Waals surface area contributed by atoms with E-state index in [2.05, 4.69) is 25.7 Å². The highest BCUT2D eigenvalue weighted by Gasteiger charge is 2.20. The predicted octanol–water partition coefficient (Wildman–Crippen LogP) is 2.63. The van der Waals surface area contributed by atoms with Gasteiger partial charge in [-0.2, -0.15) is 5.10 Å². The van der Waals surface area contributed by atoms with E-state index in [1.165, 1.54) is 6.33 Å². The Bertz CT molecular complexity index is 1090. The van der Waals surface area contributed by atoms with Crippen LogP contribution in [-0.4, -0.2) is 62.7 Å². The Kier molecular flexibility index (Phi) is 8.04. The van der Waals surface area contributed by atoms with E-state index in [0.29, 0.717) is 37.8 Å². The number of nitrogens with one attached hydrogen (secondary N) is 2. The molecule has 3 aromatic rings. The number of amides is 2. The molecule has 0 fully saturated rings. The highest BCUT2D eigenvalue weighted by Crippen LogP contribution is 2.27. The first kappa shape index (κ1) is 23.2. The van der Waals surface area contributed by atoms with Crippen molar-refractivity contribution < 1.29 is 14.3 Å². The molecule has 4 rings (SSSR count). The van der Waals surface area contributed by atoms with Crippen LogP contribution in [0.15, 0.2) is 55.1 Å². The number of hydrogen-bond donors (Lipinski definition) is 2. The Morgan fingerprint density at radius 3 is 2.91 bits per heavy atom. The second kappa shape index (κ2) is 11.8. The normalized spacial score (nSPS) is 14.4. The number of anilines is 2. The minimum absolute atomic E-state index is 0.0131. The number of nitrogens with zero attached hydrogens (tertiary/aromatic N) is 5. The van der Waals surface area contributed by atoms with Gasteiger partial charge in [0.2, 0.25) is 5.91 Å². The van der Waals surface area contributed by atoms with Crippen LogP contribution >= 0.6 is 0 Å². The SMILES string of the molecule is O=C(CN1CCCCCOc2ccccc2Nc2cccc(n2)C1=O)NCCCn1cncn1. The van der Waals surface area contributed by atoms with Crippen LogP contribution in [0.1, 0.15) is 36.2 Å². The Morgan fingerprint density at radius 1 is 1.12 bits per heavy atom. The Hall–Kier alpha value is -3.95. The van der Waals surface area contributed by atoms with Crippen molar-refractivity contribution in [1.82, 2.24) is 30.0 Å². The van der Waals surface area contributed by atoms with Gasteiger partial charge < -0.3 is 20.3 Å². The van der Waals surface area contributed by atoms with Gasteiger partial charge in [-0.05, 0) is 49.9 Å². The summed E-state index contributed by atoms with van der Waals surface area (Å²) < 4.78 is 7.67. The van der Waals surface area contributed by atoms with Crippen LogP contribution in [0.25, 0.3) is 0 Å². The molecule has 0 radical (unpaired) electrons. The molecule has 2 bridgehead atoms. The number of benzene rings is 1. The summed E-state index contributed by atoms with van der Waals surface area (Å²) in [7, 11) is 0. The van der Waals surface area contributed by atoms with Gasteiger partial charge in [0.15, 0.2) is 0 Å². The van der Waals surface area contributed by atoms with E-state index in [1.54, 1.807) is 34.1 Å². The number of rotatable bonds is 6. The van der Waals surface area contributed by atoms with Gasteiger partial charge in [0.1, 0.15) is 29.9 Å². The number of pyridine rings is 1. The van der Waals surface area contributed by atoms with Crippen molar-refractivity contribution in [2.45, 2.75) is 32.2 Å². The predicted molar refractivity (Wildman–Crippen MR) is 127 cm³/mol. The number of carbonyl (C=O) groups excluding carboxylic acids is 2. The largest absolute Gasteiger partial charge is 0.491 e. The quantitative estimate of drug-likeness (QED) is 0.540. The first-order valence-electron chi connectivity index (χ1n) is 11.5. The van der Waals surface area contributed by atoms with Gasteiger partial charge in [0.05, 0.1) is 18.8 Å². The van der Waals surface area contributed by atoms with Gasteiger partial charge in [-0.25, -0.2) is 9.97 Å². The molecule has 1 aliphatic heterocycles. The summed E-state index contributed by atoms with van der Waals surface area (Å²) in [5.41, 5.74) is 1.08. The van der Waals surface area contributed by atoms with Gasteiger partial charge in [-0.1, -0.05) is 18.2 Å². The lowest BCUT2D eigenvalue weighted by molar-refractivity contribution is -0.121.